The van der Waals surface area contributed by atoms with Crippen molar-refractivity contribution >= 4 is 11.6 Å². The SMILES string of the molecule is Cc1noc(COc2ccc(NC(=O)[C@@H](N)C(C)(C)C)cc2)n1. The maximum atomic E-state index is 12.1. The van der Waals surface area contributed by atoms with Crippen LogP contribution in [0.3, 0.4) is 0 Å². The number of ether oxygens (including phenoxy) is 1. The Kier molecular flexibility index (Phi) is 5.00. The Morgan fingerprint density at radius 3 is 2.52 bits per heavy atom. The molecule has 0 bridgehead atoms. The average molecular weight is 318 g/mol. The largest absolute Gasteiger partial charge is 0.484 e. The van der Waals surface area contributed by atoms with Crippen LogP contribution in [0.25, 0.3) is 0 Å². The molecule has 7 heteroatoms. The summed E-state index contributed by atoms with van der Waals surface area (Å²) in [5.41, 5.74) is 6.29. The lowest BCUT2D eigenvalue weighted by molar-refractivity contribution is -0.119. The molecule has 7 nitrogen and oxygen atoms in total. The molecule has 1 amide bonds. The van der Waals surface area contributed by atoms with Gasteiger partial charge in [0.25, 0.3) is 5.89 Å². The molecule has 0 aliphatic carbocycles. The monoisotopic (exact) mass is 318 g/mol. The third-order valence-electron chi connectivity index (χ3n) is 3.27. The van der Waals surface area contributed by atoms with Gasteiger partial charge in [-0.05, 0) is 36.6 Å². The van der Waals surface area contributed by atoms with Crippen LogP contribution >= 0.6 is 0 Å². The number of hydrogen-bond donors (Lipinski definition) is 2. The van der Waals surface area contributed by atoms with Gasteiger partial charge in [0.05, 0.1) is 6.04 Å². The van der Waals surface area contributed by atoms with Crippen molar-refractivity contribution in [2.24, 2.45) is 11.1 Å². The van der Waals surface area contributed by atoms with Crippen molar-refractivity contribution in [3.8, 4) is 5.75 Å². The maximum Gasteiger partial charge on any atom is 0.264 e. The molecule has 1 atom stereocenters. The van der Waals surface area contributed by atoms with Crippen molar-refractivity contribution in [2.45, 2.75) is 40.3 Å². The van der Waals surface area contributed by atoms with Crippen LogP contribution in [0, 0.1) is 12.3 Å². The number of rotatable bonds is 5. The molecule has 0 aliphatic heterocycles. The number of anilines is 1. The van der Waals surface area contributed by atoms with Gasteiger partial charge in [-0.2, -0.15) is 4.98 Å². The van der Waals surface area contributed by atoms with Crippen LogP contribution in [0.1, 0.15) is 32.5 Å². The fraction of sp³-hybridized carbons (Fsp3) is 0.438. The Bertz CT molecular complexity index is 659. The molecule has 0 radical (unpaired) electrons. The van der Waals surface area contributed by atoms with E-state index in [0.717, 1.165) is 0 Å². The molecule has 0 saturated carbocycles. The minimum Gasteiger partial charge on any atom is -0.484 e. The lowest BCUT2D eigenvalue weighted by Gasteiger charge is -2.25. The van der Waals surface area contributed by atoms with Gasteiger partial charge in [0.1, 0.15) is 5.75 Å². The van der Waals surface area contributed by atoms with Crippen LogP contribution in [0.4, 0.5) is 5.69 Å². The topological polar surface area (TPSA) is 103 Å². The van der Waals surface area contributed by atoms with Gasteiger partial charge in [-0.1, -0.05) is 25.9 Å². The summed E-state index contributed by atoms with van der Waals surface area (Å²) in [5.74, 6) is 1.40. The Labute approximate surface area is 135 Å². The lowest BCUT2D eigenvalue weighted by Crippen LogP contribution is -2.45. The maximum absolute atomic E-state index is 12.1. The summed E-state index contributed by atoms with van der Waals surface area (Å²) in [5, 5.41) is 6.48. The second-order valence-electron chi connectivity index (χ2n) is 6.38. The third-order valence-corrected chi connectivity index (χ3v) is 3.27. The van der Waals surface area contributed by atoms with E-state index in [1.54, 1.807) is 31.2 Å². The summed E-state index contributed by atoms with van der Waals surface area (Å²) >= 11 is 0. The van der Waals surface area contributed by atoms with Crippen molar-refractivity contribution in [3.05, 3.63) is 36.0 Å². The van der Waals surface area contributed by atoms with Gasteiger partial charge in [-0.25, -0.2) is 0 Å². The van der Waals surface area contributed by atoms with E-state index < -0.39 is 6.04 Å². The molecule has 1 heterocycles. The number of nitrogens with two attached hydrogens (primary N) is 1. The molecule has 0 fully saturated rings. The molecule has 1 aromatic carbocycles. The van der Waals surface area contributed by atoms with Crippen LogP contribution in [0.5, 0.6) is 5.75 Å². The predicted molar refractivity (Wildman–Crippen MR) is 85.9 cm³/mol. The van der Waals surface area contributed by atoms with E-state index in [4.69, 9.17) is 15.0 Å². The number of aromatic nitrogens is 2. The zero-order chi connectivity index (χ0) is 17.0. The number of benzene rings is 1. The number of carbonyl (C=O) groups is 1. The minimum atomic E-state index is -0.584. The molecule has 23 heavy (non-hydrogen) atoms. The highest BCUT2D eigenvalue weighted by Crippen LogP contribution is 2.20. The van der Waals surface area contributed by atoms with E-state index in [1.165, 1.54) is 0 Å². The number of aryl methyl sites for hydroxylation is 1. The first-order valence-electron chi connectivity index (χ1n) is 7.34. The van der Waals surface area contributed by atoms with Gasteiger partial charge in [-0.3, -0.25) is 4.79 Å². The van der Waals surface area contributed by atoms with Gasteiger partial charge in [-0.15, -0.1) is 0 Å². The summed E-state index contributed by atoms with van der Waals surface area (Å²) in [6, 6.07) is 6.42. The zero-order valence-electron chi connectivity index (χ0n) is 13.8. The summed E-state index contributed by atoms with van der Waals surface area (Å²) in [7, 11) is 0. The highest BCUT2D eigenvalue weighted by molar-refractivity contribution is 5.95. The Hall–Kier alpha value is -2.41. The van der Waals surface area contributed by atoms with Crippen LogP contribution in [0.2, 0.25) is 0 Å². The van der Waals surface area contributed by atoms with E-state index in [0.29, 0.717) is 23.2 Å². The van der Waals surface area contributed by atoms with Crippen LogP contribution < -0.4 is 15.8 Å². The van der Waals surface area contributed by atoms with Gasteiger partial charge >= 0.3 is 0 Å². The van der Waals surface area contributed by atoms with E-state index in [9.17, 15) is 4.79 Å². The summed E-state index contributed by atoms with van der Waals surface area (Å²) < 4.78 is 10.5. The fourth-order valence-corrected chi connectivity index (χ4v) is 1.79. The molecule has 2 rings (SSSR count). The molecule has 2 aromatic rings. The molecular formula is C16H22N4O3. The standard InChI is InChI=1S/C16H22N4O3/c1-10-18-13(23-20-10)9-22-12-7-5-11(6-8-12)19-15(21)14(17)16(2,3)4/h5-8,14H,9,17H2,1-4H3,(H,19,21)/t14-/m1/s1. The smallest absolute Gasteiger partial charge is 0.264 e. The Balaban J connectivity index is 1.90. The molecule has 124 valence electrons. The highest BCUT2D eigenvalue weighted by atomic mass is 16.5. The van der Waals surface area contributed by atoms with Crippen molar-refractivity contribution in [1.82, 2.24) is 10.1 Å². The minimum absolute atomic E-state index is 0.196. The van der Waals surface area contributed by atoms with E-state index >= 15 is 0 Å². The predicted octanol–water partition coefficient (Wildman–Crippen LogP) is 2.27. The number of nitrogens with zero attached hydrogens (tertiary/aromatic N) is 2. The van der Waals surface area contributed by atoms with Gasteiger partial charge in [0.2, 0.25) is 5.91 Å². The molecule has 1 aromatic heterocycles. The first-order chi connectivity index (χ1) is 10.8. The molecular weight excluding hydrogens is 296 g/mol. The molecule has 0 saturated heterocycles. The molecule has 0 spiro atoms. The summed E-state index contributed by atoms with van der Waals surface area (Å²) in [4.78, 5) is 16.1. The molecule has 0 aliphatic rings. The molecule has 0 unspecified atom stereocenters. The quantitative estimate of drug-likeness (QED) is 0.876. The van der Waals surface area contributed by atoms with Crippen LogP contribution in [-0.2, 0) is 11.4 Å². The second-order valence-corrected chi connectivity index (χ2v) is 6.38. The molecule has 3 N–H and O–H groups in total. The van der Waals surface area contributed by atoms with E-state index in [-0.39, 0.29) is 17.9 Å². The van der Waals surface area contributed by atoms with Crippen molar-refractivity contribution in [3.63, 3.8) is 0 Å². The summed E-state index contributed by atoms with van der Waals surface area (Å²) in [6.07, 6.45) is 0. The van der Waals surface area contributed by atoms with E-state index in [2.05, 4.69) is 15.5 Å². The van der Waals surface area contributed by atoms with Crippen molar-refractivity contribution < 1.29 is 14.1 Å². The van der Waals surface area contributed by atoms with Gasteiger partial charge in [0.15, 0.2) is 12.4 Å². The van der Waals surface area contributed by atoms with E-state index in [1.807, 2.05) is 20.8 Å². The van der Waals surface area contributed by atoms with Crippen molar-refractivity contribution in [1.29, 1.82) is 0 Å². The number of nitrogens with one attached hydrogen (secondary N) is 1. The Morgan fingerprint density at radius 1 is 1.35 bits per heavy atom. The Morgan fingerprint density at radius 2 is 2.00 bits per heavy atom. The first-order valence-corrected chi connectivity index (χ1v) is 7.34. The number of hydrogen-bond acceptors (Lipinski definition) is 6. The zero-order valence-corrected chi connectivity index (χ0v) is 13.8. The van der Waals surface area contributed by atoms with Crippen molar-refractivity contribution in [2.75, 3.05) is 5.32 Å². The normalized spacial score (nSPS) is 12.7. The number of amides is 1. The van der Waals surface area contributed by atoms with Gasteiger partial charge < -0.3 is 20.3 Å². The van der Waals surface area contributed by atoms with Crippen LogP contribution in [-0.4, -0.2) is 22.1 Å². The fourth-order valence-electron chi connectivity index (χ4n) is 1.79. The summed E-state index contributed by atoms with van der Waals surface area (Å²) in [6.45, 7) is 7.71. The van der Waals surface area contributed by atoms with Crippen LogP contribution in [0.15, 0.2) is 28.8 Å². The highest BCUT2D eigenvalue weighted by Gasteiger charge is 2.27. The first kappa shape index (κ1) is 17.0. The number of carbonyl (C=O) groups excluding carboxylic acids is 1. The average Bonchev–Trinajstić information content (AvgIpc) is 2.90. The van der Waals surface area contributed by atoms with Gasteiger partial charge in [0, 0.05) is 5.69 Å². The second kappa shape index (κ2) is 6.78. The lowest BCUT2D eigenvalue weighted by atomic mass is 9.87. The third kappa shape index (κ3) is 4.79.